The standard InChI is InChI=1S/C13H7N3O2/c17-11-7-4-2-1-3-6(7)10-8(11)5-9-12(14-10)15-16-13(9)18/h1-5H,(H2,14,15,16,18). The van der Waals surface area contributed by atoms with E-state index in [1.807, 2.05) is 18.2 Å². The maximum absolute atomic E-state index is 12.2. The van der Waals surface area contributed by atoms with E-state index in [4.69, 9.17) is 0 Å². The predicted octanol–water partition coefficient (Wildman–Crippen LogP) is 1.46. The molecular weight excluding hydrogens is 230 g/mol. The molecule has 5 heteroatoms. The molecule has 0 aliphatic heterocycles. The molecule has 4 rings (SSSR count). The molecule has 0 amide bonds. The number of pyridine rings is 1. The Bertz CT molecular complexity index is 873. The van der Waals surface area contributed by atoms with Gasteiger partial charge in [0.05, 0.1) is 11.1 Å². The summed E-state index contributed by atoms with van der Waals surface area (Å²) in [4.78, 5) is 28.1. The summed E-state index contributed by atoms with van der Waals surface area (Å²) in [6, 6.07) is 8.93. The minimum absolute atomic E-state index is 0.0735. The van der Waals surface area contributed by atoms with Crippen molar-refractivity contribution >= 4 is 16.8 Å². The summed E-state index contributed by atoms with van der Waals surface area (Å²) in [7, 11) is 0. The quantitative estimate of drug-likeness (QED) is 0.486. The van der Waals surface area contributed by atoms with Gasteiger partial charge in [-0.15, -0.1) is 0 Å². The van der Waals surface area contributed by atoms with Crippen molar-refractivity contribution in [2.24, 2.45) is 0 Å². The maximum atomic E-state index is 12.2. The van der Waals surface area contributed by atoms with Crippen LogP contribution in [0.2, 0.25) is 0 Å². The van der Waals surface area contributed by atoms with E-state index in [1.165, 1.54) is 0 Å². The SMILES string of the molecule is O=C1c2ccccc2-c2nc3[nH][nH]c(=O)c3cc21. The first-order valence-electron chi connectivity index (χ1n) is 5.51. The molecule has 0 saturated heterocycles. The molecule has 1 aromatic carbocycles. The lowest BCUT2D eigenvalue weighted by atomic mass is 10.1. The summed E-state index contributed by atoms with van der Waals surface area (Å²) in [5, 5.41) is 5.58. The molecule has 0 atom stereocenters. The summed E-state index contributed by atoms with van der Waals surface area (Å²) < 4.78 is 0. The first kappa shape index (κ1) is 9.35. The van der Waals surface area contributed by atoms with Gasteiger partial charge in [-0.3, -0.25) is 19.8 Å². The summed E-state index contributed by atoms with van der Waals surface area (Å²) in [6.45, 7) is 0. The highest BCUT2D eigenvalue weighted by atomic mass is 16.1. The van der Waals surface area contributed by atoms with Crippen molar-refractivity contribution in [3.8, 4) is 11.3 Å². The van der Waals surface area contributed by atoms with Crippen LogP contribution in [0, 0.1) is 0 Å². The van der Waals surface area contributed by atoms with Crippen LogP contribution in [0.3, 0.4) is 0 Å². The number of ketones is 1. The number of benzene rings is 1. The number of aromatic amines is 2. The van der Waals surface area contributed by atoms with Crippen molar-refractivity contribution in [2.45, 2.75) is 0 Å². The number of H-pyrrole nitrogens is 2. The van der Waals surface area contributed by atoms with Crippen molar-refractivity contribution in [3.05, 3.63) is 51.8 Å². The lowest BCUT2D eigenvalue weighted by molar-refractivity contribution is 0.104. The van der Waals surface area contributed by atoms with Crippen LogP contribution in [0.4, 0.5) is 0 Å². The molecule has 0 bridgehead atoms. The largest absolute Gasteiger partial charge is 0.289 e. The van der Waals surface area contributed by atoms with Crippen molar-refractivity contribution in [1.29, 1.82) is 0 Å². The lowest BCUT2D eigenvalue weighted by Gasteiger charge is -1.97. The third kappa shape index (κ3) is 0.982. The van der Waals surface area contributed by atoms with E-state index in [2.05, 4.69) is 15.2 Å². The van der Waals surface area contributed by atoms with Crippen LogP contribution in [0.5, 0.6) is 0 Å². The minimum Gasteiger partial charge on any atom is -0.289 e. The molecule has 2 heterocycles. The fraction of sp³-hybridized carbons (Fsp3) is 0. The zero-order chi connectivity index (χ0) is 12.3. The summed E-state index contributed by atoms with van der Waals surface area (Å²) in [6.07, 6.45) is 0. The van der Waals surface area contributed by atoms with Gasteiger partial charge in [0.15, 0.2) is 11.4 Å². The molecule has 0 unspecified atom stereocenters. The highest BCUT2D eigenvalue weighted by Crippen LogP contribution is 2.35. The first-order valence-corrected chi connectivity index (χ1v) is 5.51. The van der Waals surface area contributed by atoms with E-state index >= 15 is 0 Å². The summed E-state index contributed by atoms with van der Waals surface area (Å²) in [5.41, 5.74) is 2.81. The second-order valence-electron chi connectivity index (χ2n) is 4.23. The highest BCUT2D eigenvalue weighted by molar-refractivity contribution is 6.21. The molecule has 0 radical (unpaired) electrons. The average molecular weight is 237 g/mol. The second-order valence-corrected chi connectivity index (χ2v) is 4.23. The van der Waals surface area contributed by atoms with Crippen molar-refractivity contribution in [2.75, 3.05) is 0 Å². The fourth-order valence-electron chi connectivity index (χ4n) is 2.38. The van der Waals surface area contributed by atoms with Crippen LogP contribution < -0.4 is 5.56 Å². The Labute approximate surface area is 100 Å². The van der Waals surface area contributed by atoms with Gasteiger partial charge >= 0.3 is 0 Å². The number of nitrogens with zero attached hydrogens (tertiary/aromatic N) is 1. The number of hydrogen-bond acceptors (Lipinski definition) is 3. The van der Waals surface area contributed by atoms with Crippen molar-refractivity contribution in [1.82, 2.24) is 15.2 Å². The molecule has 18 heavy (non-hydrogen) atoms. The van der Waals surface area contributed by atoms with E-state index in [1.54, 1.807) is 12.1 Å². The molecule has 3 aromatic rings. The Morgan fingerprint density at radius 1 is 0.944 bits per heavy atom. The molecule has 86 valence electrons. The number of carbonyl (C=O) groups excluding carboxylic acids is 1. The van der Waals surface area contributed by atoms with Gasteiger partial charge < -0.3 is 0 Å². The van der Waals surface area contributed by atoms with Crippen LogP contribution in [0.25, 0.3) is 22.3 Å². The number of aromatic nitrogens is 3. The Hall–Kier alpha value is -2.69. The zero-order valence-electron chi connectivity index (χ0n) is 9.15. The highest BCUT2D eigenvalue weighted by Gasteiger charge is 2.28. The lowest BCUT2D eigenvalue weighted by Crippen LogP contribution is -2.00. The van der Waals surface area contributed by atoms with Gasteiger partial charge in [-0.1, -0.05) is 24.3 Å². The van der Waals surface area contributed by atoms with E-state index in [0.717, 1.165) is 5.56 Å². The number of carbonyl (C=O) groups is 1. The molecule has 5 nitrogen and oxygen atoms in total. The fourth-order valence-corrected chi connectivity index (χ4v) is 2.38. The Morgan fingerprint density at radius 2 is 1.72 bits per heavy atom. The monoisotopic (exact) mass is 237 g/mol. The minimum atomic E-state index is -0.260. The Morgan fingerprint density at radius 3 is 2.56 bits per heavy atom. The molecule has 1 aliphatic rings. The summed E-state index contributed by atoms with van der Waals surface area (Å²) in [5.74, 6) is -0.0735. The second kappa shape index (κ2) is 2.95. The van der Waals surface area contributed by atoms with E-state index in [-0.39, 0.29) is 11.3 Å². The van der Waals surface area contributed by atoms with Gasteiger partial charge in [0, 0.05) is 16.7 Å². The van der Waals surface area contributed by atoms with Crippen LogP contribution in [0.1, 0.15) is 15.9 Å². The van der Waals surface area contributed by atoms with Gasteiger partial charge in [0.1, 0.15) is 0 Å². The maximum Gasteiger partial charge on any atom is 0.273 e. The van der Waals surface area contributed by atoms with Gasteiger partial charge in [-0.05, 0) is 6.07 Å². The third-order valence-corrected chi connectivity index (χ3v) is 3.23. The number of rotatable bonds is 0. The Balaban J connectivity index is 2.18. The van der Waals surface area contributed by atoms with Gasteiger partial charge in [0.25, 0.3) is 5.56 Å². The van der Waals surface area contributed by atoms with Gasteiger partial charge in [-0.2, -0.15) is 0 Å². The van der Waals surface area contributed by atoms with Gasteiger partial charge in [-0.25, -0.2) is 4.98 Å². The van der Waals surface area contributed by atoms with E-state index in [0.29, 0.717) is 27.9 Å². The van der Waals surface area contributed by atoms with Crippen LogP contribution >= 0.6 is 0 Å². The summed E-state index contributed by atoms with van der Waals surface area (Å²) >= 11 is 0. The number of fused-ring (bicyclic) bond motifs is 4. The normalized spacial score (nSPS) is 12.8. The van der Waals surface area contributed by atoms with Crippen molar-refractivity contribution < 1.29 is 4.79 Å². The smallest absolute Gasteiger partial charge is 0.273 e. The Kier molecular flexibility index (Phi) is 1.53. The van der Waals surface area contributed by atoms with Crippen LogP contribution in [-0.4, -0.2) is 21.0 Å². The first-order chi connectivity index (χ1) is 8.75. The van der Waals surface area contributed by atoms with Crippen LogP contribution in [-0.2, 0) is 0 Å². The number of hydrogen-bond donors (Lipinski definition) is 2. The zero-order valence-corrected chi connectivity index (χ0v) is 9.15. The predicted molar refractivity (Wildman–Crippen MR) is 65.6 cm³/mol. The molecule has 0 saturated carbocycles. The molecule has 0 fully saturated rings. The molecular formula is C13H7N3O2. The molecule has 2 aromatic heterocycles. The van der Waals surface area contributed by atoms with Crippen LogP contribution in [0.15, 0.2) is 35.1 Å². The molecule has 1 aliphatic carbocycles. The third-order valence-electron chi connectivity index (χ3n) is 3.23. The molecule has 2 N–H and O–H groups in total. The van der Waals surface area contributed by atoms with Gasteiger partial charge in [0.2, 0.25) is 0 Å². The van der Waals surface area contributed by atoms with E-state index < -0.39 is 0 Å². The number of nitrogens with one attached hydrogen (secondary N) is 2. The van der Waals surface area contributed by atoms with Crippen molar-refractivity contribution in [3.63, 3.8) is 0 Å². The average Bonchev–Trinajstić information content (AvgIpc) is 2.90. The molecule has 0 spiro atoms. The van der Waals surface area contributed by atoms with E-state index in [9.17, 15) is 9.59 Å². The topological polar surface area (TPSA) is 78.6 Å².